The van der Waals surface area contributed by atoms with Crippen molar-refractivity contribution in [2.45, 2.75) is 32.7 Å². The van der Waals surface area contributed by atoms with Gasteiger partial charge in [0.05, 0.1) is 10.4 Å². The van der Waals surface area contributed by atoms with Crippen molar-refractivity contribution in [2.75, 3.05) is 6.54 Å². The van der Waals surface area contributed by atoms with Crippen LogP contribution in [-0.4, -0.2) is 18.4 Å². The van der Waals surface area contributed by atoms with E-state index in [-0.39, 0.29) is 17.5 Å². The Morgan fingerprint density at radius 3 is 2.59 bits per heavy atom. The van der Waals surface area contributed by atoms with E-state index >= 15 is 0 Å². The van der Waals surface area contributed by atoms with Crippen molar-refractivity contribution >= 4 is 21.7 Å². The molecule has 1 aromatic rings. The summed E-state index contributed by atoms with van der Waals surface area (Å²) in [5.74, 6) is -0.585. The highest BCUT2D eigenvalue weighted by Gasteiger charge is 2.18. The second-order valence-corrected chi connectivity index (χ2v) is 5.25. The van der Waals surface area contributed by atoms with Gasteiger partial charge in [-0.1, -0.05) is 19.9 Å². The van der Waals surface area contributed by atoms with Gasteiger partial charge in [0.1, 0.15) is 11.6 Å². The van der Waals surface area contributed by atoms with E-state index in [0.29, 0.717) is 22.6 Å². The van der Waals surface area contributed by atoms with E-state index in [1.54, 1.807) is 12.1 Å². The fourth-order valence-corrected chi connectivity index (χ4v) is 1.83. The molecule has 0 fully saturated rings. The first-order chi connectivity index (χ1) is 7.91. The third-order valence-corrected chi connectivity index (χ3v) is 3.21. The van der Waals surface area contributed by atoms with Gasteiger partial charge in [0.2, 0.25) is 0 Å². The summed E-state index contributed by atoms with van der Waals surface area (Å²) in [6.07, 6.45) is 0. The van der Waals surface area contributed by atoms with Crippen LogP contribution >= 0.6 is 15.9 Å². The van der Waals surface area contributed by atoms with Crippen LogP contribution in [0.15, 0.2) is 22.7 Å². The minimum Gasteiger partial charge on any atom is -0.313 e. The Kier molecular flexibility index (Phi) is 5.28. The molecule has 1 N–H and O–H groups in total. The molecule has 1 rings (SSSR count). The summed E-state index contributed by atoms with van der Waals surface area (Å²) in [5, 5.41) is 3.20. The Labute approximate surface area is 110 Å². The highest BCUT2D eigenvalue weighted by molar-refractivity contribution is 9.10. The van der Waals surface area contributed by atoms with Crippen molar-refractivity contribution < 1.29 is 9.18 Å². The number of hydrogen-bond acceptors (Lipinski definition) is 2. The smallest absolute Gasteiger partial charge is 0.138 e. The average Bonchev–Trinajstić information content (AvgIpc) is 2.22. The average molecular weight is 302 g/mol. The zero-order valence-electron chi connectivity index (χ0n) is 10.3. The summed E-state index contributed by atoms with van der Waals surface area (Å²) in [6, 6.07) is 5.13. The first-order valence-corrected chi connectivity index (χ1v) is 6.40. The van der Waals surface area contributed by atoms with Gasteiger partial charge in [0.25, 0.3) is 0 Å². The number of carbonyl (C=O) groups excluding carboxylic acids is 1. The SMILES string of the molecule is CC(=O)C(CNC(C)C)c1ccc(Br)c(F)c1. The van der Waals surface area contributed by atoms with E-state index in [4.69, 9.17) is 0 Å². The predicted molar refractivity (Wildman–Crippen MR) is 70.7 cm³/mol. The number of halogens is 2. The Morgan fingerprint density at radius 2 is 2.12 bits per heavy atom. The van der Waals surface area contributed by atoms with Crippen LogP contribution in [0.5, 0.6) is 0 Å². The number of ketones is 1. The molecule has 0 aliphatic heterocycles. The Balaban J connectivity index is 2.89. The summed E-state index contributed by atoms with van der Waals surface area (Å²) in [7, 11) is 0. The molecule has 0 bridgehead atoms. The summed E-state index contributed by atoms with van der Waals surface area (Å²) < 4.78 is 13.8. The van der Waals surface area contributed by atoms with Gasteiger partial charge in [0, 0.05) is 12.6 Å². The Morgan fingerprint density at radius 1 is 1.47 bits per heavy atom. The summed E-state index contributed by atoms with van der Waals surface area (Å²) >= 11 is 3.10. The van der Waals surface area contributed by atoms with E-state index in [0.717, 1.165) is 0 Å². The second kappa shape index (κ2) is 6.26. The van der Waals surface area contributed by atoms with Crippen molar-refractivity contribution in [1.29, 1.82) is 0 Å². The third kappa shape index (κ3) is 4.21. The van der Waals surface area contributed by atoms with Gasteiger partial charge >= 0.3 is 0 Å². The lowest BCUT2D eigenvalue weighted by Gasteiger charge is -2.17. The molecule has 1 aromatic carbocycles. The van der Waals surface area contributed by atoms with Gasteiger partial charge < -0.3 is 5.32 Å². The van der Waals surface area contributed by atoms with Crippen LogP contribution in [0.3, 0.4) is 0 Å². The largest absolute Gasteiger partial charge is 0.313 e. The van der Waals surface area contributed by atoms with Gasteiger partial charge in [-0.05, 0) is 40.5 Å². The molecule has 0 aliphatic carbocycles. The van der Waals surface area contributed by atoms with Crippen molar-refractivity contribution in [3.05, 3.63) is 34.1 Å². The first kappa shape index (κ1) is 14.3. The van der Waals surface area contributed by atoms with E-state index in [2.05, 4.69) is 21.2 Å². The number of carbonyl (C=O) groups is 1. The van der Waals surface area contributed by atoms with Gasteiger partial charge in [-0.25, -0.2) is 4.39 Å². The predicted octanol–water partition coefficient (Wildman–Crippen LogP) is 3.26. The second-order valence-electron chi connectivity index (χ2n) is 4.40. The molecule has 94 valence electrons. The van der Waals surface area contributed by atoms with Crippen molar-refractivity contribution in [2.24, 2.45) is 0 Å². The summed E-state index contributed by atoms with van der Waals surface area (Å²) in [4.78, 5) is 11.6. The Hall–Kier alpha value is -0.740. The number of nitrogens with one attached hydrogen (secondary N) is 1. The molecule has 1 unspecified atom stereocenters. The highest BCUT2D eigenvalue weighted by Crippen LogP contribution is 2.22. The van der Waals surface area contributed by atoms with E-state index in [1.165, 1.54) is 13.0 Å². The maximum atomic E-state index is 13.4. The maximum Gasteiger partial charge on any atom is 0.138 e. The van der Waals surface area contributed by atoms with Gasteiger partial charge in [0.15, 0.2) is 0 Å². The molecule has 0 aliphatic rings. The molecule has 17 heavy (non-hydrogen) atoms. The van der Waals surface area contributed by atoms with Gasteiger partial charge in [-0.2, -0.15) is 0 Å². The van der Waals surface area contributed by atoms with E-state index < -0.39 is 0 Å². The lowest BCUT2D eigenvalue weighted by Crippen LogP contribution is -2.30. The number of Topliss-reactive ketones (excluding diaryl/α,β-unsaturated/α-hetero) is 1. The highest BCUT2D eigenvalue weighted by atomic mass is 79.9. The molecule has 0 amide bonds. The minimum absolute atomic E-state index is 0.0415. The molecule has 0 radical (unpaired) electrons. The lowest BCUT2D eigenvalue weighted by molar-refractivity contribution is -0.118. The maximum absolute atomic E-state index is 13.4. The topological polar surface area (TPSA) is 29.1 Å². The Bertz CT molecular complexity index is 406. The summed E-state index contributed by atoms with van der Waals surface area (Å²) in [6.45, 7) is 6.10. The minimum atomic E-state index is -0.335. The molecule has 0 heterocycles. The van der Waals surface area contributed by atoms with Crippen LogP contribution in [0.1, 0.15) is 32.3 Å². The quantitative estimate of drug-likeness (QED) is 0.904. The van der Waals surface area contributed by atoms with Gasteiger partial charge in [-0.15, -0.1) is 0 Å². The first-order valence-electron chi connectivity index (χ1n) is 5.60. The van der Waals surface area contributed by atoms with Gasteiger partial charge in [-0.3, -0.25) is 4.79 Å². The molecule has 4 heteroatoms. The molecule has 0 spiro atoms. The van der Waals surface area contributed by atoms with Crippen molar-refractivity contribution in [3.8, 4) is 0 Å². The number of rotatable bonds is 5. The molecular formula is C13H17BrFNO. The van der Waals surface area contributed by atoms with E-state index in [9.17, 15) is 9.18 Å². The fraction of sp³-hybridized carbons (Fsp3) is 0.462. The van der Waals surface area contributed by atoms with Crippen LogP contribution in [0.2, 0.25) is 0 Å². The normalized spacial score (nSPS) is 12.8. The van der Waals surface area contributed by atoms with Crippen LogP contribution in [-0.2, 0) is 4.79 Å². The molecule has 0 saturated heterocycles. The zero-order valence-corrected chi connectivity index (χ0v) is 11.8. The molecule has 1 atom stereocenters. The summed E-state index contributed by atoms with van der Waals surface area (Å²) in [5.41, 5.74) is 0.714. The third-order valence-electron chi connectivity index (χ3n) is 2.57. The standard InChI is InChI=1S/C13H17BrFNO/c1-8(2)16-7-11(9(3)17)10-4-5-12(14)13(15)6-10/h4-6,8,11,16H,7H2,1-3H3. The molecular weight excluding hydrogens is 285 g/mol. The van der Waals surface area contributed by atoms with Crippen LogP contribution < -0.4 is 5.32 Å². The molecule has 0 saturated carbocycles. The molecule has 2 nitrogen and oxygen atoms in total. The monoisotopic (exact) mass is 301 g/mol. The van der Waals surface area contributed by atoms with Crippen LogP contribution in [0.4, 0.5) is 4.39 Å². The molecule has 0 aromatic heterocycles. The van der Waals surface area contributed by atoms with Crippen LogP contribution in [0, 0.1) is 5.82 Å². The van der Waals surface area contributed by atoms with Crippen molar-refractivity contribution in [3.63, 3.8) is 0 Å². The van der Waals surface area contributed by atoms with E-state index in [1.807, 2.05) is 13.8 Å². The van der Waals surface area contributed by atoms with Crippen LogP contribution in [0.25, 0.3) is 0 Å². The fourth-order valence-electron chi connectivity index (χ4n) is 1.58. The number of benzene rings is 1. The number of hydrogen-bond donors (Lipinski definition) is 1. The zero-order chi connectivity index (χ0) is 13.0. The lowest BCUT2D eigenvalue weighted by atomic mass is 9.95. The van der Waals surface area contributed by atoms with Crippen molar-refractivity contribution in [1.82, 2.24) is 5.32 Å².